The van der Waals surface area contributed by atoms with Crippen molar-refractivity contribution < 1.29 is 14.6 Å². The summed E-state index contributed by atoms with van der Waals surface area (Å²) >= 11 is 7.27. The van der Waals surface area contributed by atoms with Crippen LogP contribution in [0.3, 0.4) is 0 Å². The molecular weight excluding hydrogens is 298 g/mol. The van der Waals surface area contributed by atoms with Crippen LogP contribution in [0.1, 0.15) is 10.7 Å². The topological polar surface area (TPSA) is 59.4 Å². The largest absolute Gasteiger partial charge is 0.493 e. The van der Waals surface area contributed by atoms with Crippen LogP contribution < -0.4 is 4.74 Å². The van der Waals surface area contributed by atoms with Gasteiger partial charge in [0.05, 0.1) is 17.3 Å². The number of halogens is 1. The Morgan fingerprint density at radius 2 is 2.15 bits per heavy atom. The molecule has 0 saturated carbocycles. The van der Waals surface area contributed by atoms with Gasteiger partial charge >= 0.3 is 5.97 Å². The summed E-state index contributed by atoms with van der Waals surface area (Å²) in [6.45, 7) is 0.511. The number of carboxylic acid groups (broad SMARTS) is 1. The fourth-order valence-corrected chi connectivity index (χ4v) is 2.33. The molecule has 1 aromatic carbocycles. The zero-order valence-corrected chi connectivity index (χ0v) is 12.0. The average Bonchev–Trinajstić information content (AvgIpc) is 2.87. The third kappa shape index (κ3) is 4.68. The van der Waals surface area contributed by atoms with E-state index in [0.717, 1.165) is 16.8 Å². The molecule has 2 rings (SSSR count). The molecule has 0 bridgehead atoms. The summed E-state index contributed by atoms with van der Waals surface area (Å²) in [7, 11) is 0. The zero-order valence-electron chi connectivity index (χ0n) is 10.5. The van der Waals surface area contributed by atoms with Crippen molar-refractivity contribution >= 4 is 35.0 Å². The lowest BCUT2D eigenvalue weighted by Crippen LogP contribution is -2.00. The zero-order chi connectivity index (χ0) is 14.4. The maximum atomic E-state index is 10.4. The normalized spacial score (nSPS) is 10.8. The minimum atomic E-state index is -0.981. The summed E-state index contributed by atoms with van der Waals surface area (Å²) in [5, 5.41) is 11.9. The first-order valence-electron chi connectivity index (χ1n) is 5.87. The number of carboxylic acids is 1. The van der Waals surface area contributed by atoms with Crippen molar-refractivity contribution in [3.05, 3.63) is 51.4 Å². The van der Waals surface area contributed by atoms with Crippen molar-refractivity contribution in [1.82, 2.24) is 4.98 Å². The number of rotatable bonds is 6. The van der Waals surface area contributed by atoms with E-state index in [1.54, 1.807) is 12.1 Å². The number of benzene rings is 1. The van der Waals surface area contributed by atoms with E-state index in [4.69, 9.17) is 21.4 Å². The van der Waals surface area contributed by atoms with Crippen LogP contribution in [-0.2, 0) is 11.2 Å². The molecule has 1 heterocycles. The Hall–Kier alpha value is -1.85. The highest BCUT2D eigenvalue weighted by Gasteiger charge is 2.01. The molecule has 0 aliphatic carbocycles. The number of aliphatic carboxylic acids is 1. The van der Waals surface area contributed by atoms with Gasteiger partial charge in [-0.3, -0.25) is 0 Å². The lowest BCUT2D eigenvalue weighted by molar-refractivity contribution is -0.131. The molecule has 2 aromatic rings. The van der Waals surface area contributed by atoms with Gasteiger partial charge in [-0.25, -0.2) is 9.78 Å². The molecule has 0 unspecified atom stereocenters. The van der Waals surface area contributed by atoms with Crippen LogP contribution in [0.5, 0.6) is 5.75 Å². The van der Waals surface area contributed by atoms with Crippen molar-refractivity contribution in [2.24, 2.45) is 0 Å². The van der Waals surface area contributed by atoms with Gasteiger partial charge in [-0.05, 0) is 30.3 Å². The number of ether oxygens (including phenoxy) is 1. The highest BCUT2D eigenvalue weighted by Crippen LogP contribution is 2.16. The smallest absolute Gasteiger partial charge is 0.328 e. The van der Waals surface area contributed by atoms with E-state index < -0.39 is 5.97 Å². The van der Waals surface area contributed by atoms with E-state index in [-0.39, 0.29) is 0 Å². The van der Waals surface area contributed by atoms with E-state index in [9.17, 15) is 4.79 Å². The van der Waals surface area contributed by atoms with E-state index >= 15 is 0 Å². The van der Waals surface area contributed by atoms with Gasteiger partial charge in [-0.15, -0.1) is 11.3 Å². The summed E-state index contributed by atoms with van der Waals surface area (Å²) in [5.74, 6) is -0.220. The van der Waals surface area contributed by atoms with Gasteiger partial charge < -0.3 is 9.84 Å². The predicted molar refractivity (Wildman–Crippen MR) is 79.4 cm³/mol. The van der Waals surface area contributed by atoms with Crippen LogP contribution in [0.4, 0.5) is 0 Å². The summed E-state index contributed by atoms with van der Waals surface area (Å²) in [6, 6.07) is 7.17. The Labute approximate surface area is 125 Å². The number of hydrogen-bond donors (Lipinski definition) is 1. The molecule has 104 valence electrons. The third-order valence-corrected chi connectivity index (χ3v) is 3.54. The third-order valence-electron chi connectivity index (χ3n) is 2.36. The Morgan fingerprint density at radius 3 is 2.85 bits per heavy atom. The van der Waals surface area contributed by atoms with Crippen molar-refractivity contribution in [1.29, 1.82) is 0 Å². The van der Waals surface area contributed by atoms with Gasteiger partial charge in [0.25, 0.3) is 0 Å². The van der Waals surface area contributed by atoms with Gasteiger partial charge in [0.15, 0.2) is 0 Å². The second kappa shape index (κ2) is 7.07. The van der Waals surface area contributed by atoms with Crippen molar-refractivity contribution in [3.8, 4) is 5.75 Å². The van der Waals surface area contributed by atoms with E-state index in [2.05, 4.69) is 4.98 Å². The molecule has 0 atom stereocenters. The molecule has 0 aliphatic rings. The second-order valence-corrected chi connectivity index (χ2v) is 5.27. The van der Waals surface area contributed by atoms with Crippen LogP contribution in [-0.4, -0.2) is 22.7 Å². The minimum absolute atomic E-state index is 0.511. The second-order valence-electron chi connectivity index (χ2n) is 3.89. The molecule has 1 aromatic heterocycles. The first-order chi connectivity index (χ1) is 9.63. The standard InChI is InChI=1S/C14H12ClNO3S/c15-10-1-4-12(5-2-10)19-8-7-13-16-11(9-20-13)3-6-14(17)18/h1-6,9H,7-8H2,(H,17,18)/b6-3+. The SMILES string of the molecule is O=C(O)/C=C/c1csc(CCOc2ccc(Cl)cc2)n1. The highest BCUT2D eigenvalue weighted by molar-refractivity contribution is 7.09. The first kappa shape index (κ1) is 14.6. The summed E-state index contributed by atoms with van der Waals surface area (Å²) in [6.07, 6.45) is 3.22. The molecule has 0 fully saturated rings. The van der Waals surface area contributed by atoms with Crippen molar-refractivity contribution in [3.63, 3.8) is 0 Å². The van der Waals surface area contributed by atoms with Gasteiger partial charge in [0, 0.05) is 22.9 Å². The number of aromatic nitrogens is 1. The maximum absolute atomic E-state index is 10.4. The lowest BCUT2D eigenvalue weighted by atomic mass is 10.3. The number of nitrogens with zero attached hydrogens (tertiary/aromatic N) is 1. The minimum Gasteiger partial charge on any atom is -0.493 e. The number of hydrogen-bond acceptors (Lipinski definition) is 4. The summed E-state index contributed by atoms with van der Waals surface area (Å²) in [4.78, 5) is 14.7. The Balaban J connectivity index is 1.82. The molecular formula is C14H12ClNO3S. The molecule has 0 spiro atoms. The van der Waals surface area contributed by atoms with Crippen LogP contribution in [0.2, 0.25) is 5.02 Å². The van der Waals surface area contributed by atoms with Gasteiger partial charge in [0.1, 0.15) is 5.75 Å². The Bertz CT molecular complexity index is 607. The highest BCUT2D eigenvalue weighted by atomic mass is 35.5. The molecule has 1 N–H and O–H groups in total. The van der Waals surface area contributed by atoms with Gasteiger partial charge in [-0.1, -0.05) is 11.6 Å². The number of carbonyl (C=O) groups is 1. The van der Waals surface area contributed by atoms with Crippen LogP contribution in [0.15, 0.2) is 35.7 Å². The van der Waals surface area contributed by atoms with Crippen LogP contribution in [0.25, 0.3) is 6.08 Å². The van der Waals surface area contributed by atoms with Gasteiger partial charge in [-0.2, -0.15) is 0 Å². The molecule has 0 radical (unpaired) electrons. The molecule has 0 amide bonds. The van der Waals surface area contributed by atoms with Gasteiger partial charge in [0.2, 0.25) is 0 Å². The molecule has 20 heavy (non-hydrogen) atoms. The molecule has 0 saturated heterocycles. The number of thiazole rings is 1. The lowest BCUT2D eigenvalue weighted by Gasteiger charge is -2.04. The summed E-state index contributed by atoms with van der Waals surface area (Å²) in [5.41, 5.74) is 0.652. The monoisotopic (exact) mass is 309 g/mol. The molecule has 4 nitrogen and oxygen atoms in total. The maximum Gasteiger partial charge on any atom is 0.328 e. The Morgan fingerprint density at radius 1 is 1.40 bits per heavy atom. The predicted octanol–water partition coefficient (Wildman–Crippen LogP) is 3.52. The fraction of sp³-hybridized carbons (Fsp3) is 0.143. The van der Waals surface area contributed by atoms with Crippen molar-refractivity contribution in [2.45, 2.75) is 6.42 Å². The summed E-state index contributed by atoms with van der Waals surface area (Å²) < 4.78 is 5.57. The first-order valence-corrected chi connectivity index (χ1v) is 7.13. The van der Waals surface area contributed by atoms with E-state index in [1.165, 1.54) is 17.4 Å². The van der Waals surface area contributed by atoms with Crippen LogP contribution >= 0.6 is 22.9 Å². The van der Waals surface area contributed by atoms with E-state index in [0.29, 0.717) is 23.7 Å². The quantitative estimate of drug-likeness (QED) is 0.829. The fourth-order valence-electron chi connectivity index (χ4n) is 1.46. The average molecular weight is 310 g/mol. The Kier molecular flexibility index (Phi) is 5.15. The molecule has 6 heteroatoms. The van der Waals surface area contributed by atoms with Crippen molar-refractivity contribution in [2.75, 3.05) is 6.61 Å². The molecule has 0 aliphatic heterocycles. The van der Waals surface area contributed by atoms with E-state index in [1.807, 2.05) is 17.5 Å². The van der Waals surface area contributed by atoms with Crippen LogP contribution in [0, 0.1) is 0 Å².